The first-order chi connectivity index (χ1) is 2.30. The van der Waals surface area contributed by atoms with Crippen LogP contribution in [0.2, 0.25) is 0 Å². The highest BCUT2D eigenvalue weighted by molar-refractivity contribution is 6.31. The van der Waals surface area contributed by atoms with E-state index in [0.29, 0.717) is 0 Å². The van der Waals surface area contributed by atoms with E-state index in [4.69, 9.17) is 23.2 Å². The molecule has 30 valence electrons. The van der Waals surface area contributed by atoms with E-state index in [1.54, 1.807) is 0 Å². The third kappa shape index (κ3) is 0.685. The van der Waals surface area contributed by atoms with Crippen LogP contribution in [-0.4, -0.2) is 11.1 Å². The van der Waals surface area contributed by atoms with Gasteiger partial charge in [-0.05, 0) is 0 Å². The van der Waals surface area contributed by atoms with Crippen LogP contribution in [0.1, 0.15) is 0 Å². The molecule has 2 atom stereocenters. The van der Waals surface area contributed by atoms with Crippen LogP contribution >= 0.6 is 23.2 Å². The van der Waals surface area contributed by atoms with E-state index in [2.05, 4.69) is 4.74 Å². The zero-order valence-electron chi connectivity index (χ0n) is 2.32. The Morgan fingerprint density at radius 2 is 1.40 bits per heavy atom. The number of halogens is 2. The molecule has 0 saturated carbocycles. The molecule has 0 aliphatic carbocycles. The fourth-order valence-electron chi connectivity index (χ4n) is 0.0788. The molecule has 1 saturated heterocycles. The zero-order chi connectivity index (χ0) is 3.86. The maximum absolute atomic E-state index is 5.18. The first-order valence-corrected chi connectivity index (χ1v) is 2.11. The second-order valence-electron chi connectivity index (χ2n) is 0.838. The molecule has 1 rings (SSSR count). The molecule has 3 heteroatoms. The Labute approximate surface area is 39.8 Å². The second-order valence-corrected chi connectivity index (χ2v) is 1.70. The molecule has 0 aromatic heterocycles. The molecule has 0 N–H and O–H groups in total. The molecule has 0 amide bonds. The van der Waals surface area contributed by atoms with E-state index in [0.717, 1.165) is 0 Å². The van der Waals surface area contributed by atoms with Gasteiger partial charge in [0.25, 0.3) is 0 Å². The van der Waals surface area contributed by atoms with E-state index < -0.39 is 0 Å². The predicted molar refractivity (Wildman–Crippen MR) is 20.4 cm³/mol. The molecule has 0 spiro atoms. The van der Waals surface area contributed by atoms with Gasteiger partial charge in [0.05, 0.1) is 0 Å². The maximum atomic E-state index is 5.18. The van der Waals surface area contributed by atoms with Gasteiger partial charge in [0.15, 0.2) is 11.1 Å². The summed E-state index contributed by atoms with van der Waals surface area (Å²) in [7, 11) is 0. The largest absolute Gasteiger partial charge is 0.335 e. The Bertz CT molecular complexity index is 40.9. The average Bonchev–Trinajstić information content (AvgIpc) is 1.79. The number of epoxide rings is 1. The monoisotopic (exact) mass is 112 g/mol. The van der Waals surface area contributed by atoms with E-state index in [9.17, 15) is 0 Å². The van der Waals surface area contributed by atoms with Crippen LogP contribution in [0.5, 0.6) is 0 Å². The summed E-state index contributed by atoms with van der Waals surface area (Å²) in [6.45, 7) is 0. The first-order valence-electron chi connectivity index (χ1n) is 1.24. The van der Waals surface area contributed by atoms with Gasteiger partial charge in [-0.25, -0.2) is 0 Å². The Balaban J connectivity index is 2.20. The summed E-state index contributed by atoms with van der Waals surface area (Å²) >= 11 is 10.4. The van der Waals surface area contributed by atoms with Crippen LogP contribution in [0.4, 0.5) is 0 Å². The van der Waals surface area contributed by atoms with Crippen molar-refractivity contribution in [3.63, 3.8) is 0 Å². The van der Waals surface area contributed by atoms with E-state index >= 15 is 0 Å². The first kappa shape index (κ1) is 3.72. The molecule has 0 unspecified atom stereocenters. The van der Waals surface area contributed by atoms with Crippen LogP contribution in [0.3, 0.4) is 0 Å². The molecule has 1 heterocycles. The van der Waals surface area contributed by atoms with Gasteiger partial charge in [-0.1, -0.05) is 23.2 Å². The van der Waals surface area contributed by atoms with Crippen LogP contribution in [0.15, 0.2) is 0 Å². The van der Waals surface area contributed by atoms with Crippen molar-refractivity contribution in [1.29, 1.82) is 0 Å². The zero-order valence-corrected chi connectivity index (χ0v) is 3.83. The number of alkyl halides is 2. The van der Waals surface area contributed by atoms with Gasteiger partial charge < -0.3 is 4.74 Å². The molecular formula is C2H2Cl2O. The predicted octanol–water partition coefficient (Wildman–Crippen LogP) is 1.15. The fourth-order valence-corrected chi connectivity index (χ4v) is 0.353. The number of ether oxygens (including phenoxy) is 1. The van der Waals surface area contributed by atoms with Crippen molar-refractivity contribution in [3.8, 4) is 0 Å². The highest BCUT2D eigenvalue weighted by Crippen LogP contribution is 2.28. The lowest BCUT2D eigenvalue weighted by Crippen LogP contribution is -1.63. The van der Waals surface area contributed by atoms with Gasteiger partial charge in [0, 0.05) is 0 Å². The topological polar surface area (TPSA) is 12.5 Å². The Hall–Kier alpha value is 0.540. The normalized spacial score (nSPS) is 49.2. The van der Waals surface area contributed by atoms with E-state index in [-0.39, 0.29) is 11.1 Å². The van der Waals surface area contributed by atoms with Crippen molar-refractivity contribution in [2.24, 2.45) is 0 Å². The average molecular weight is 113 g/mol. The summed E-state index contributed by atoms with van der Waals surface area (Å²) in [4.78, 5) is 0. The number of hydrogen-bond acceptors (Lipinski definition) is 1. The SMILES string of the molecule is Cl[C@@H]1O[C@H]1Cl. The molecule has 1 fully saturated rings. The second kappa shape index (κ2) is 1.00. The summed E-state index contributed by atoms with van der Waals surface area (Å²) < 4.78 is 4.45. The van der Waals surface area contributed by atoms with Crippen molar-refractivity contribution in [2.45, 2.75) is 11.1 Å². The molecular weight excluding hydrogens is 111 g/mol. The van der Waals surface area contributed by atoms with Crippen molar-refractivity contribution < 1.29 is 4.74 Å². The van der Waals surface area contributed by atoms with Gasteiger partial charge in [-0.2, -0.15) is 0 Å². The molecule has 0 aromatic rings. The lowest BCUT2D eigenvalue weighted by molar-refractivity contribution is 0.441. The van der Waals surface area contributed by atoms with Crippen LogP contribution < -0.4 is 0 Å². The number of rotatable bonds is 0. The van der Waals surface area contributed by atoms with Gasteiger partial charge >= 0.3 is 0 Å². The molecule has 0 aromatic carbocycles. The standard InChI is InChI=1S/C2H2Cl2O/c3-1-2(4)5-1/h1-2H/t1-,2-/m1/s1. The quantitative estimate of drug-likeness (QED) is 0.339. The van der Waals surface area contributed by atoms with Gasteiger partial charge in [0.2, 0.25) is 0 Å². The molecule has 1 nitrogen and oxygen atoms in total. The highest BCUT2D eigenvalue weighted by Gasteiger charge is 2.34. The molecule has 0 radical (unpaired) electrons. The van der Waals surface area contributed by atoms with Crippen LogP contribution in [0, 0.1) is 0 Å². The minimum atomic E-state index is -0.211. The Morgan fingerprint density at radius 1 is 1.20 bits per heavy atom. The van der Waals surface area contributed by atoms with Gasteiger partial charge in [-0.3, -0.25) is 0 Å². The summed E-state index contributed by atoms with van der Waals surface area (Å²) in [6, 6.07) is 0. The summed E-state index contributed by atoms with van der Waals surface area (Å²) in [5.41, 5.74) is -0.423. The fraction of sp³-hybridized carbons (Fsp3) is 1.00. The summed E-state index contributed by atoms with van der Waals surface area (Å²) in [5, 5.41) is 0. The van der Waals surface area contributed by atoms with Crippen molar-refractivity contribution in [2.75, 3.05) is 0 Å². The smallest absolute Gasteiger partial charge is 0.173 e. The Morgan fingerprint density at radius 3 is 1.40 bits per heavy atom. The summed E-state index contributed by atoms with van der Waals surface area (Å²) in [6.07, 6.45) is 0. The lowest BCUT2D eigenvalue weighted by Gasteiger charge is -1.52. The maximum Gasteiger partial charge on any atom is 0.173 e. The van der Waals surface area contributed by atoms with Gasteiger partial charge in [-0.15, -0.1) is 0 Å². The van der Waals surface area contributed by atoms with Crippen molar-refractivity contribution in [1.82, 2.24) is 0 Å². The van der Waals surface area contributed by atoms with E-state index in [1.807, 2.05) is 0 Å². The molecule has 0 bridgehead atoms. The minimum Gasteiger partial charge on any atom is -0.335 e. The number of hydrogen-bond donors (Lipinski definition) is 0. The van der Waals surface area contributed by atoms with E-state index in [1.165, 1.54) is 0 Å². The lowest BCUT2D eigenvalue weighted by atomic mass is 11.0. The van der Waals surface area contributed by atoms with Crippen LogP contribution in [0.25, 0.3) is 0 Å². The van der Waals surface area contributed by atoms with Crippen LogP contribution in [-0.2, 0) is 4.74 Å². The third-order valence-corrected chi connectivity index (χ3v) is 1.18. The summed E-state index contributed by atoms with van der Waals surface area (Å²) in [5.74, 6) is 0. The third-order valence-electron chi connectivity index (χ3n) is 0.389. The van der Waals surface area contributed by atoms with Gasteiger partial charge in [0.1, 0.15) is 0 Å². The Kier molecular flexibility index (Phi) is 0.745. The van der Waals surface area contributed by atoms with Crippen molar-refractivity contribution in [3.05, 3.63) is 0 Å². The van der Waals surface area contributed by atoms with Crippen molar-refractivity contribution >= 4 is 23.2 Å². The molecule has 1 aliphatic heterocycles. The minimum absolute atomic E-state index is 0.211. The molecule has 1 aliphatic rings. The molecule has 5 heavy (non-hydrogen) atoms. The highest BCUT2D eigenvalue weighted by atomic mass is 35.5.